The lowest BCUT2D eigenvalue weighted by molar-refractivity contribution is -0.137. The van der Waals surface area contributed by atoms with Gasteiger partial charge >= 0.3 is 6.18 Å². The number of aryl methyl sites for hydroxylation is 1. The molecule has 0 bridgehead atoms. The van der Waals surface area contributed by atoms with E-state index in [0.29, 0.717) is 24.9 Å². The minimum atomic E-state index is -4.35. The van der Waals surface area contributed by atoms with E-state index in [1.165, 1.54) is 6.20 Å². The van der Waals surface area contributed by atoms with Gasteiger partial charge in [-0.1, -0.05) is 0 Å². The van der Waals surface area contributed by atoms with Crippen LogP contribution >= 0.6 is 0 Å². The zero-order valence-electron chi connectivity index (χ0n) is 14.2. The number of aromatic nitrogens is 3. The van der Waals surface area contributed by atoms with Crippen molar-refractivity contribution in [3.63, 3.8) is 0 Å². The van der Waals surface area contributed by atoms with Crippen molar-refractivity contribution in [3.05, 3.63) is 41.9 Å². The Bertz CT molecular complexity index is 709. The summed E-state index contributed by atoms with van der Waals surface area (Å²) in [5.74, 6) is 1.05. The van der Waals surface area contributed by atoms with E-state index < -0.39 is 11.7 Å². The molecule has 0 N–H and O–H groups in total. The van der Waals surface area contributed by atoms with Gasteiger partial charge in [-0.15, -0.1) is 0 Å². The van der Waals surface area contributed by atoms with Crippen molar-refractivity contribution in [2.24, 2.45) is 0 Å². The summed E-state index contributed by atoms with van der Waals surface area (Å²) in [6.45, 7) is 3.23. The fourth-order valence-corrected chi connectivity index (χ4v) is 2.98. The van der Waals surface area contributed by atoms with E-state index in [1.54, 1.807) is 12.4 Å². The maximum Gasteiger partial charge on any atom is 0.416 e. The minimum absolute atomic E-state index is 0.254. The van der Waals surface area contributed by atoms with Gasteiger partial charge in [0.1, 0.15) is 5.82 Å². The van der Waals surface area contributed by atoms with Gasteiger partial charge in [0.15, 0.2) is 0 Å². The lowest BCUT2D eigenvalue weighted by Gasteiger charge is -2.37. The van der Waals surface area contributed by atoms with E-state index in [2.05, 4.69) is 15.0 Å². The average molecular weight is 351 g/mol. The van der Waals surface area contributed by atoms with Crippen LogP contribution in [-0.4, -0.2) is 41.1 Å². The molecule has 0 radical (unpaired) electrons. The summed E-state index contributed by atoms with van der Waals surface area (Å²) in [5, 5.41) is 0. The molecule has 0 aromatic carbocycles. The predicted octanol–water partition coefficient (Wildman–Crippen LogP) is 3.30. The van der Waals surface area contributed by atoms with Crippen LogP contribution in [0.2, 0.25) is 0 Å². The second-order valence-electron chi connectivity index (χ2n) is 6.29. The van der Waals surface area contributed by atoms with E-state index in [4.69, 9.17) is 0 Å². The van der Waals surface area contributed by atoms with Crippen LogP contribution < -0.4 is 9.80 Å². The summed E-state index contributed by atoms with van der Waals surface area (Å²) in [7, 11) is 1.95. The predicted molar refractivity (Wildman–Crippen MR) is 89.6 cm³/mol. The third kappa shape index (κ3) is 4.00. The molecule has 0 atom stereocenters. The van der Waals surface area contributed by atoms with Crippen molar-refractivity contribution in [2.75, 3.05) is 29.9 Å². The molecule has 0 unspecified atom stereocenters. The Morgan fingerprint density at radius 3 is 2.36 bits per heavy atom. The Kier molecular flexibility index (Phi) is 4.78. The maximum absolute atomic E-state index is 12.9. The molecule has 8 heteroatoms. The van der Waals surface area contributed by atoms with Crippen molar-refractivity contribution in [2.45, 2.75) is 32.0 Å². The van der Waals surface area contributed by atoms with Crippen LogP contribution in [0.4, 0.5) is 24.9 Å². The lowest BCUT2D eigenvalue weighted by atomic mass is 10.0. The van der Waals surface area contributed by atoms with Crippen LogP contribution in [0, 0.1) is 6.92 Å². The molecular weight excluding hydrogens is 331 g/mol. The Labute approximate surface area is 144 Å². The van der Waals surface area contributed by atoms with Crippen LogP contribution in [0.25, 0.3) is 0 Å². The molecule has 2 aromatic heterocycles. The third-order valence-electron chi connectivity index (χ3n) is 4.49. The second-order valence-corrected chi connectivity index (χ2v) is 6.29. The van der Waals surface area contributed by atoms with Crippen molar-refractivity contribution in [1.82, 2.24) is 15.0 Å². The third-order valence-corrected chi connectivity index (χ3v) is 4.49. The summed E-state index contributed by atoms with van der Waals surface area (Å²) in [6.07, 6.45) is 2.05. The molecule has 5 nitrogen and oxygen atoms in total. The highest BCUT2D eigenvalue weighted by atomic mass is 19.4. The van der Waals surface area contributed by atoms with Gasteiger partial charge in [0, 0.05) is 44.8 Å². The van der Waals surface area contributed by atoms with Gasteiger partial charge in [0.05, 0.1) is 5.56 Å². The minimum Gasteiger partial charge on any atom is -0.356 e. The zero-order valence-corrected chi connectivity index (χ0v) is 14.2. The number of halogens is 3. The molecule has 0 aliphatic carbocycles. The molecule has 2 aromatic rings. The monoisotopic (exact) mass is 351 g/mol. The molecule has 25 heavy (non-hydrogen) atoms. The van der Waals surface area contributed by atoms with Gasteiger partial charge in [0.2, 0.25) is 5.95 Å². The van der Waals surface area contributed by atoms with E-state index >= 15 is 0 Å². The van der Waals surface area contributed by atoms with Crippen LogP contribution in [0.15, 0.2) is 30.7 Å². The Morgan fingerprint density at radius 1 is 1.12 bits per heavy atom. The number of pyridine rings is 1. The molecular formula is C17H20F3N5. The molecule has 0 spiro atoms. The SMILES string of the molecule is Cc1cnc(N(C)C2CCN(c3cc(C(F)(F)F)ccn3)CC2)nc1. The van der Waals surface area contributed by atoms with E-state index in [0.717, 1.165) is 30.5 Å². The van der Waals surface area contributed by atoms with Crippen LogP contribution in [-0.2, 0) is 6.18 Å². The highest BCUT2D eigenvalue weighted by Gasteiger charge is 2.32. The van der Waals surface area contributed by atoms with Crippen molar-refractivity contribution < 1.29 is 13.2 Å². The summed E-state index contributed by atoms with van der Waals surface area (Å²) in [4.78, 5) is 16.7. The highest BCUT2D eigenvalue weighted by Crippen LogP contribution is 2.31. The molecule has 0 amide bonds. The molecule has 3 rings (SSSR count). The first-order valence-corrected chi connectivity index (χ1v) is 8.14. The smallest absolute Gasteiger partial charge is 0.356 e. The summed E-state index contributed by atoms with van der Waals surface area (Å²) in [5.41, 5.74) is 0.340. The van der Waals surface area contributed by atoms with Crippen molar-refractivity contribution >= 4 is 11.8 Å². The zero-order chi connectivity index (χ0) is 18.0. The standard InChI is InChI=1S/C17H20F3N5/c1-12-10-22-16(23-11-12)24(2)14-4-7-25(8-5-14)15-9-13(3-6-21-15)17(18,19)20/h3,6,9-11,14H,4-5,7-8H2,1-2H3. The molecule has 134 valence electrons. The highest BCUT2D eigenvalue weighted by molar-refractivity contribution is 5.43. The van der Waals surface area contributed by atoms with Gasteiger partial charge in [-0.3, -0.25) is 0 Å². The number of nitrogens with zero attached hydrogens (tertiary/aromatic N) is 5. The first kappa shape index (κ1) is 17.4. The number of piperidine rings is 1. The van der Waals surface area contributed by atoms with Crippen molar-refractivity contribution in [1.29, 1.82) is 0 Å². The Hall–Kier alpha value is -2.38. The van der Waals surface area contributed by atoms with Gasteiger partial charge in [-0.25, -0.2) is 15.0 Å². The Morgan fingerprint density at radius 2 is 1.76 bits per heavy atom. The first-order valence-electron chi connectivity index (χ1n) is 8.14. The fraction of sp³-hybridized carbons (Fsp3) is 0.471. The molecule has 1 aliphatic rings. The second kappa shape index (κ2) is 6.85. The average Bonchev–Trinajstić information content (AvgIpc) is 2.61. The number of hydrogen-bond acceptors (Lipinski definition) is 5. The quantitative estimate of drug-likeness (QED) is 0.849. The van der Waals surface area contributed by atoms with Crippen LogP contribution in [0.1, 0.15) is 24.0 Å². The number of alkyl halides is 3. The molecule has 1 saturated heterocycles. The van der Waals surface area contributed by atoms with E-state index in [-0.39, 0.29) is 6.04 Å². The first-order chi connectivity index (χ1) is 11.8. The summed E-state index contributed by atoms with van der Waals surface area (Å²) in [6, 6.07) is 2.37. The van der Waals surface area contributed by atoms with Crippen LogP contribution in [0.5, 0.6) is 0 Å². The molecule has 1 fully saturated rings. The summed E-state index contributed by atoms with van der Waals surface area (Å²) < 4.78 is 38.6. The van der Waals surface area contributed by atoms with Crippen LogP contribution in [0.3, 0.4) is 0 Å². The largest absolute Gasteiger partial charge is 0.416 e. The van der Waals surface area contributed by atoms with Crippen molar-refractivity contribution in [3.8, 4) is 0 Å². The summed E-state index contributed by atoms with van der Waals surface area (Å²) >= 11 is 0. The Balaban J connectivity index is 1.65. The molecule has 3 heterocycles. The van der Waals surface area contributed by atoms with E-state index in [1.807, 2.05) is 23.8 Å². The van der Waals surface area contributed by atoms with Gasteiger partial charge < -0.3 is 9.80 Å². The molecule has 0 saturated carbocycles. The normalized spacial score (nSPS) is 16.1. The maximum atomic E-state index is 12.9. The van der Waals surface area contributed by atoms with E-state index in [9.17, 15) is 13.2 Å². The van der Waals surface area contributed by atoms with Gasteiger partial charge in [-0.2, -0.15) is 13.2 Å². The number of hydrogen-bond donors (Lipinski definition) is 0. The van der Waals surface area contributed by atoms with Gasteiger partial charge in [0.25, 0.3) is 0 Å². The topological polar surface area (TPSA) is 45.2 Å². The lowest BCUT2D eigenvalue weighted by Crippen LogP contribution is -2.44. The fourth-order valence-electron chi connectivity index (χ4n) is 2.98. The molecule has 1 aliphatic heterocycles. The van der Waals surface area contributed by atoms with Gasteiger partial charge in [-0.05, 0) is 37.5 Å². The number of rotatable bonds is 3. The number of anilines is 2.